The van der Waals surface area contributed by atoms with Gasteiger partial charge in [-0.3, -0.25) is 24.6 Å². The van der Waals surface area contributed by atoms with Crippen LogP contribution < -0.4 is 5.32 Å². The Balaban J connectivity index is 1.67. The van der Waals surface area contributed by atoms with Crippen molar-refractivity contribution in [3.05, 3.63) is 75.8 Å². The van der Waals surface area contributed by atoms with E-state index < -0.39 is 34.9 Å². The average molecular weight is 383 g/mol. The molecule has 1 fully saturated rings. The number of amides is 3. The van der Waals surface area contributed by atoms with Gasteiger partial charge in [0.1, 0.15) is 18.7 Å². The number of imide groups is 1. The molecule has 1 atom stereocenters. The molecule has 144 valence electrons. The maximum atomic E-state index is 12.7. The summed E-state index contributed by atoms with van der Waals surface area (Å²) >= 11 is 0. The molecule has 3 rings (SSSR count). The Bertz CT molecular complexity index is 946. The second-order valence-corrected chi connectivity index (χ2v) is 6.36. The Hall–Kier alpha value is -3.75. The van der Waals surface area contributed by atoms with E-state index in [9.17, 15) is 24.5 Å². The molecule has 0 aliphatic carbocycles. The number of nitro benzene ring substituents is 1. The molecule has 1 aliphatic rings. The zero-order chi connectivity index (χ0) is 20.3. The number of nitro groups is 1. The summed E-state index contributed by atoms with van der Waals surface area (Å²) in [7, 11) is 0. The number of carbonyl (C=O) groups is 3. The van der Waals surface area contributed by atoms with Crippen LogP contribution in [-0.4, -0.2) is 34.3 Å². The first-order valence-corrected chi connectivity index (χ1v) is 8.40. The first kappa shape index (κ1) is 19.0. The molecule has 0 bridgehead atoms. The predicted octanol–water partition coefficient (Wildman–Crippen LogP) is 2.11. The number of benzene rings is 2. The highest BCUT2D eigenvalue weighted by molar-refractivity contribution is 6.08. The van der Waals surface area contributed by atoms with Crippen LogP contribution in [0.3, 0.4) is 0 Å². The monoisotopic (exact) mass is 383 g/mol. The summed E-state index contributed by atoms with van der Waals surface area (Å²) < 4.78 is 5.03. The molecule has 3 amide bonds. The number of hydrogen-bond donors (Lipinski definition) is 1. The Morgan fingerprint density at radius 2 is 1.79 bits per heavy atom. The van der Waals surface area contributed by atoms with E-state index in [-0.39, 0.29) is 17.9 Å². The number of para-hydroxylation sites is 1. The fourth-order valence-electron chi connectivity index (χ4n) is 2.95. The van der Waals surface area contributed by atoms with Crippen LogP contribution in [0.15, 0.2) is 54.6 Å². The largest absolute Gasteiger partial charge is 0.459 e. The maximum absolute atomic E-state index is 12.7. The molecule has 0 aromatic heterocycles. The molecule has 0 spiro atoms. The fraction of sp³-hybridized carbons (Fsp3) is 0.211. The molecular weight excluding hydrogens is 366 g/mol. The van der Waals surface area contributed by atoms with E-state index in [1.165, 1.54) is 18.2 Å². The molecule has 2 aromatic carbocycles. The molecule has 0 unspecified atom stereocenters. The van der Waals surface area contributed by atoms with Crippen LogP contribution in [0.2, 0.25) is 0 Å². The first-order valence-electron chi connectivity index (χ1n) is 8.40. The van der Waals surface area contributed by atoms with Gasteiger partial charge in [-0.05, 0) is 18.6 Å². The Morgan fingerprint density at radius 3 is 2.46 bits per heavy atom. The minimum absolute atomic E-state index is 0.179. The molecule has 1 N–H and O–H groups in total. The summed E-state index contributed by atoms with van der Waals surface area (Å²) in [5.74, 6) is -1.43. The summed E-state index contributed by atoms with van der Waals surface area (Å²) in [4.78, 5) is 48.3. The van der Waals surface area contributed by atoms with Crippen molar-refractivity contribution in [2.24, 2.45) is 0 Å². The Labute approximate surface area is 160 Å². The smallest absolute Gasteiger partial charge is 0.326 e. The highest BCUT2D eigenvalue weighted by atomic mass is 16.6. The third kappa shape index (κ3) is 3.54. The first-order chi connectivity index (χ1) is 13.3. The molecule has 0 radical (unpaired) electrons. The minimum atomic E-state index is -1.28. The van der Waals surface area contributed by atoms with Gasteiger partial charge >= 0.3 is 12.0 Å². The number of urea groups is 1. The quantitative estimate of drug-likeness (QED) is 0.353. The standard InChI is InChI=1S/C19H17N3O6/c1-19(14-8-3-2-4-9-14)17(24)21(18(25)20-19)11-16(23)28-12-13-7-5-6-10-15(13)22(26)27/h2-10H,11-12H2,1H3,(H,20,25)/t19-/m1/s1. The van der Waals surface area contributed by atoms with E-state index >= 15 is 0 Å². The fourth-order valence-corrected chi connectivity index (χ4v) is 2.95. The maximum Gasteiger partial charge on any atom is 0.326 e. The van der Waals surface area contributed by atoms with Crippen LogP contribution in [-0.2, 0) is 26.5 Å². The second kappa shape index (κ2) is 7.47. The summed E-state index contributed by atoms with van der Waals surface area (Å²) in [6, 6.07) is 13.8. The van der Waals surface area contributed by atoms with E-state index in [0.29, 0.717) is 5.56 Å². The molecule has 9 nitrogen and oxygen atoms in total. The lowest BCUT2D eigenvalue weighted by atomic mass is 9.92. The van der Waals surface area contributed by atoms with Crippen molar-refractivity contribution < 1.29 is 24.0 Å². The third-order valence-electron chi connectivity index (χ3n) is 4.49. The third-order valence-corrected chi connectivity index (χ3v) is 4.49. The molecule has 1 saturated heterocycles. The second-order valence-electron chi connectivity index (χ2n) is 6.36. The van der Waals surface area contributed by atoms with Crippen molar-refractivity contribution in [1.29, 1.82) is 0 Å². The summed E-state index contributed by atoms with van der Waals surface area (Å²) in [6.07, 6.45) is 0. The summed E-state index contributed by atoms with van der Waals surface area (Å²) in [5.41, 5.74) is -0.658. The molecule has 2 aromatic rings. The van der Waals surface area contributed by atoms with Gasteiger partial charge in [0, 0.05) is 6.07 Å². The SMILES string of the molecule is C[C@]1(c2ccccc2)NC(=O)N(CC(=O)OCc2ccccc2[N+](=O)[O-])C1=O. The zero-order valence-electron chi connectivity index (χ0n) is 15.0. The van der Waals surface area contributed by atoms with Gasteiger partial charge in [0.05, 0.1) is 10.5 Å². The number of ether oxygens (including phenoxy) is 1. The van der Waals surface area contributed by atoms with Crippen LogP contribution in [0, 0.1) is 10.1 Å². The van der Waals surface area contributed by atoms with Gasteiger partial charge in [-0.1, -0.05) is 42.5 Å². The van der Waals surface area contributed by atoms with E-state index in [4.69, 9.17) is 4.74 Å². The number of hydrogen-bond acceptors (Lipinski definition) is 6. The van der Waals surface area contributed by atoms with E-state index in [1.54, 1.807) is 43.3 Å². The number of esters is 1. The van der Waals surface area contributed by atoms with E-state index in [0.717, 1.165) is 4.90 Å². The Kier molecular flexibility index (Phi) is 5.08. The predicted molar refractivity (Wildman–Crippen MR) is 96.9 cm³/mol. The number of carbonyl (C=O) groups excluding carboxylic acids is 3. The lowest BCUT2D eigenvalue weighted by Gasteiger charge is -2.21. The van der Waals surface area contributed by atoms with Crippen molar-refractivity contribution in [2.45, 2.75) is 19.1 Å². The molecule has 9 heteroatoms. The van der Waals surface area contributed by atoms with Gasteiger partial charge in [0.2, 0.25) is 0 Å². The zero-order valence-corrected chi connectivity index (χ0v) is 15.0. The Morgan fingerprint density at radius 1 is 1.14 bits per heavy atom. The van der Waals surface area contributed by atoms with Crippen molar-refractivity contribution in [3.8, 4) is 0 Å². The lowest BCUT2D eigenvalue weighted by molar-refractivity contribution is -0.385. The topological polar surface area (TPSA) is 119 Å². The molecule has 1 heterocycles. The van der Waals surface area contributed by atoms with Crippen LogP contribution >= 0.6 is 0 Å². The molecule has 1 aliphatic heterocycles. The van der Waals surface area contributed by atoms with Gasteiger partial charge in [0.15, 0.2) is 0 Å². The van der Waals surface area contributed by atoms with Crippen molar-refractivity contribution in [3.63, 3.8) is 0 Å². The average Bonchev–Trinajstić information content (AvgIpc) is 2.91. The normalized spacial score (nSPS) is 18.7. The number of nitrogens with one attached hydrogen (secondary N) is 1. The van der Waals surface area contributed by atoms with Crippen LogP contribution in [0.4, 0.5) is 10.5 Å². The highest BCUT2D eigenvalue weighted by Crippen LogP contribution is 2.28. The highest BCUT2D eigenvalue weighted by Gasteiger charge is 2.49. The van der Waals surface area contributed by atoms with Gasteiger partial charge in [-0.15, -0.1) is 0 Å². The van der Waals surface area contributed by atoms with Crippen LogP contribution in [0.25, 0.3) is 0 Å². The van der Waals surface area contributed by atoms with E-state index in [2.05, 4.69) is 5.32 Å². The molecule has 0 saturated carbocycles. The minimum Gasteiger partial charge on any atom is -0.459 e. The van der Waals surface area contributed by atoms with Gasteiger partial charge in [0.25, 0.3) is 11.6 Å². The lowest BCUT2D eigenvalue weighted by Crippen LogP contribution is -2.41. The summed E-state index contributed by atoms with van der Waals surface area (Å²) in [6.45, 7) is 0.630. The van der Waals surface area contributed by atoms with Crippen LogP contribution in [0.1, 0.15) is 18.1 Å². The van der Waals surface area contributed by atoms with Crippen molar-refractivity contribution in [1.82, 2.24) is 10.2 Å². The van der Waals surface area contributed by atoms with Crippen LogP contribution in [0.5, 0.6) is 0 Å². The van der Waals surface area contributed by atoms with Gasteiger partial charge < -0.3 is 10.1 Å². The molecular formula is C19H17N3O6. The van der Waals surface area contributed by atoms with Gasteiger partial charge in [-0.25, -0.2) is 4.79 Å². The number of rotatable bonds is 6. The van der Waals surface area contributed by atoms with Gasteiger partial charge in [-0.2, -0.15) is 0 Å². The van der Waals surface area contributed by atoms with E-state index in [1.807, 2.05) is 0 Å². The number of nitrogens with zero attached hydrogens (tertiary/aromatic N) is 2. The summed E-state index contributed by atoms with van der Waals surface area (Å²) in [5, 5.41) is 13.6. The van der Waals surface area contributed by atoms with Crippen molar-refractivity contribution in [2.75, 3.05) is 6.54 Å². The molecule has 28 heavy (non-hydrogen) atoms. The van der Waals surface area contributed by atoms with Crippen molar-refractivity contribution >= 4 is 23.6 Å².